The summed E-state index contributed by atoms with van der Waals surface area (Å²) in [5, 5.41) is 31.1. The van der Waals surface area contributed by atoms with Gasteiger partial charge in [0, 0.05) is 18.2 Å². The molecule has 270 valence electrons. The van der Waals surface area contributed by atoms with Crippen molar-refractivity contribution in [3.8, 4) is 17.2 Å². The van der Waals surface area contributed by atoms with Gasteiger partial charge in [-0.1, -0.05) is 80.5 Å². The molecule has 9 nitrogen and oxygen atoms in total. The highest BCUT2D eigenvalue weighted by molar-refractivity contribution is 5.96. The first-order chi connectivity index (χ1) is 23.6. The third kappa shape index (κ3) is 9.90. The second-order valence-electron chi connectivity index (χ2n) is 16.1. The first-order valence-corrected chi connectivity index (χ1v) is 17.0. The predicted octanol–water partition coefficient (Wildman–Crippen LogP) is 7.51. The van der Waals surface area contributed by atoms with E-state index in [0.717, 1.165) is 33.4 Å². The molecule has 1 aliphatic heterocycles. The minimum Gasteiger partial charge on any atom is -0.508 e. The lowest BCUT2D eigenvalue weighted by Gasteiger charge is -2.41. The van der Waals surface area contributed by atoms with E-state index in [1.54, 1.807) is 54.6 Å². The number of amides is 3. The maximum absolute atomic E-state index is 13.6. The van der Waals surface area contributed by atoms with Gasteiger partial charge >= 0.3 is 0 Å². The Kier molecular flexibility index (Phi) is 11.2. The SMILES string of the molecule is CC(C)(C)c1cc(/C=C/C(=O)N2CN(C(=O)/C=C/c3ccc(O)c(C(C)(C)C)c3)CN(C(=O)/C=C/c3ccc(O)c(C(C)(C)C)c3)C2)ccc1O. The Hall–Kier alpha value is -5.31. The first-order valence-electron chi connectivity index (χ1n) is 17.0. The fraction of sp³-hybridized carbons (Fsp3) is 0.357. The predicted molar refractivity (Wildman–Crippen MR) is 203 cm³/mol. The zero-order chi connectivity index (χ0) is 37.9. The largest absolute Gasteiger partial charge is 0.508 e. The van der Waals surface area contributed by atoms with Crippen LogP contribution in [-0.4, -0.2) is 67.7 Å². The van der Waals surface area contributed by atoms with E-state index in [1.165, 1.54) is 32.9 Å². The highest BCUT2D eigenvalue weighted by Crippen LogP contribution is 2.33. The normalized spacial score (nSPS) is 14.6. The number of rotatable bonds is 6. The number of phenols is 3. The van der Waals surface area contributed by atoms with Crippen molar-refractivity contribution in [3.05, 3.63) is 106 Å². The molecule has 4 rings (SSSR count). The number of benzene rings is 3. The highest BCUT2D eigenvalue weighted by atomic mass is 16.3. The molecule has 3 aromatic rings. The lowest BCUT2D eigenvalue weighted by molar-refractivity contribution is -0.152. The molecule has 1 fully saturated rings. The number of hydrogen-bond acceptors (Lipinski definition) is 6. The molecule has 0 spiro atoms. The topological polar surface area (TPSA) is 122 Å². The van der Waals surface area contributed by atoms with Gasteiger partial charge in [-0.25, -0.2) is 0 Å². The third-order valence-electron chi connectivity index (χ3n) is 8.70. The molecular formula is C42H51N3O6. The van der Waals surface area contributed by atoms with Crippen LogP contribution in [0.5, 0.6) is 17.2 Å². The van der Waals surface area contributed by atoms with E-state index in [2.05, 4.69) is 0 Å². The van der Waals surface area contributed by atoms with Gasteiger partial charge in [0.1, 0.15) is 17.2 Å². The summed E-state index contributed by atoms with van der Waals surface area (Å²) >= 11 is 0. The molecule has 3 N–H and O–H groups in total. The summed E-state index contributed by atoms with van der Waals surface area (Å²) in [7, 11) is 0. The number of carbonyl (C=O) groups excluding carboxylic acids is 3. The van der Waals surface area contributed by atoms with E-state index in [9.17, 15) is 29.7 Å². The summed E-state index contributed by atoms with van der Waals surface area (Å²) in [6.45, 7) is 17.8. The summed E-state index contributed by atoms with van der Waals surface area (Å²) in [5.41, 5.74) is 3.48. The second-order valence-corrected chi connectivity index (χ2v) is 16.1. The maximum Gasteiger partial charge on any atom is 0.249 e. The molecule has 3 amide bonds. The minimum absolute atomic E-state index is 0.0433. The van der Waals surface area contributed by atoms with Gasteiger partial charge in [0.05, 0.1) is 20.0 Å². The number of phenolic OH excluding ortho intramolecular Hbond substituents is 3. The number of carbonyl (C=O) groups is 3. The highest BCUT2D eigenvalue weighted by Gasteiger charge is 2.30. The van der Waals surface area contributed by atoms with Crippen LogP contribution in [0.1, 0.15) is 95.7 Å². The smallest absolute Gasteiger partial charge is 0.249 e. The Morgan fingerprint density at radius 1 is 0.471 bits per heavy atom. The Balaban J connectivity index is 1.60. The van der Waals surface area contributed by atoms with Gasteiger partial charge in [-0.15, -0.1) is 0 Å². The van der Waals surface area contributed by atoms with Gasteiger partial charge in [0.25, 0.3) is 0 Å². The van der Waals surface area contributed by atoms with Gasteiger partial charge in [0.2, 0.25) is 17.7 Å². The summed E-state index contributed by atoms with van der Waals surface area (Å²) in [6.07, 6.45) is 9.15. The summed E-state index contributed by atoms with van der Waals surface area (Å²) in [5.74, 6) is -0.665. The first kappa shape index (κ1) is 38.5. The molecule has 0 aromatic heterocycles. The standard InChI is InChI=1S/C42H51N3O6/c1-40(2,3)31-22-28(10-16-34(31)46)13-19-37(49)43-25-44(38(50)20-14-29-11-17-35(47)32(23-29)41(4,5)6)27-45(26-43)39(51)21-15-30-12-18-36(48)33(24-30)42(7,8)9/h10-24,46-48H,25-27H2,1-9H3/b19-13+,20-14+,21-15+. The summed E-state index contributed by atoms with van der Waals surface area (Å²) < 4.78 is 0. The number of hydrogen-bond donors (Lipinski definition) is 3. The van der Waals surface area contributed by atoms with E-state index < -0.39 is 17.7 Å². The second kappa shape index (κ2) is 14.9. The van der Waals surface area contributed by atoms with Gasteiger partial charge in [-0.3, -0.25) is 14.4 Å². The molecule has 0 atom stereocenters. The van der Waals surface area contributed by atoms with Crippen LogP contribution in [0.3, 0.4) is 0 Å². The molecule has 0 aliphatic carbocycles. The van der Waals surface area contributed by atoms with Crippen LogP contribution in [0.4, 0.5) is 0 Å². The maximum atomic E-state index is 13.6. The Morgan fingerprint density at radius 3 is 0.922 bits per heavy atom. The lowest BCUT2D eigenvalue weighted by Crippen LogP contribution is -2.58. The summed E-state index contributed by atoms with van der Waals surface area (Å²) in [6, 6.07) is 15.4. The van der Waals surface area contributed by atoms with Crippen molar-refractivity contribution >= 4 is 35.9 Å². The van der Waals surface area contributed by atoms with E-state index in [0.29, 0.717) is 0 Å². The van der Waals surface area contributed by atoms with Gasteiger partial charge < -0.3 is 30.0 Å². The van der Waals surface area contributed by atoms with Crippen molar-refractivity contribution in [2.45, 2.75) is 78.6 Å². The quantitative estimate of drug-likeness (QED) is 0.230. The van der Waals surface area contributed by atoms with Gasteiger partial charge in [-0.05, 0) is 104 Å². The molecular weight excluding hydrogens is 642 g/mol. The van der Waals surface area contributed by atoms with Crippen molar-refractivity contribution in [1.82, 2.24) is 14.7 Å². The molecule has 9 heteroatoms. The van der Waals surface area contributed by atoms with Crippen LogP contribution in [0.2, 0.25) is 0 Å². The van der Waals surface area contributed by atoms with Crippen molar-refractivity contribution in [1.29, 1.82) is 0 Å². The number of nitrogens with zero attached hydrogens (tertiary/aromatic N) is 3. The van der Waals surface area contributed by atoms with Crippen molar-refractivity contribution in [2.24, 2.45) is 0 Å². The molecule has 0 bridgehead atoms. The average Bonchev–Trinajstić information content (AvgIpc) is 3.04. The van der Waals surface area contributed by atoms with Crippen LogP contribution < -0.4 is 0 Å². The molecule has 1 saturated heterocycles. The Bertz CT molecular complexity index is 1660. The molecule has 3 aromatic carbocycles. The van der Waals surface area contributed by atoms with Crippen molar-refractivity contribution < 1.29 is 29.7 Å². The fourth-order valence-electron chi connectivity index (χ4n) is 5.76. The lowest BCUT2D eigenvalue weighted by atomic mass is 9.85. The molecule has 0 radical (unpaired) electrons. The molecule has 0 unspecified atom stereocenters. The Morgan fingerprint density at radius 2 is 0.706 bits per heavy atom. The third-order valence-corrected chi connectivity index (χ3v) is 8.70. The molecule has 51 heavy (non-hydrogen) atoms. The number of aromatic hydroxyl groups is 3. The van der Waals surface area contributed by atoms with Crippen LogP contribution >= 0.6 is 0 Å². The van der Waals surface area contributed by atoms with Gasteiger partial charge in [0.15, 0.2) is 0 Å². The minimum atomic E-state index is -0.398. The van der Waals surface area contributed by atoms with E-state index in [-0.39, 0.29) is 53.5 Å². The van der Waals surface area contributed by atoms with E-state index in [4.69, 9.17) is 0 Å². The molecule has 0 saturated carbocycles. The molecule has 1 aliphatic rings. The zero-order valence-corrected chi connectivity index (χ0v) is 31.2. The average molecular weight is 694 g/mol. The zero-order valence-electron chi connectivity index (χ0n) is 31.2. The van der Waals surface area contributed by atoms with E-state index >= 15 is 0 Å². The van der Waals surface area contributed by atoms with E-state index in [1.807, 2.05) is 80.5 Å². The molecule has 1 heterocycles. The fourth-order valence-corrected chi connectivity index (χ4v) is 5.76. The summed E-state index contributed by atoms with van der Waals surface area (Å²) in [4.78, 5) is 45.0. The van der Waals surface area contributed by atoms with Crippen molar-refractivity contribution in [3.63, 3.8) is 0 Å². The monoisotopic (exact) mass is 693 g/mol. The van der Waals surface area contributed by atoms with Gasteiger partial charge in [-0.2, -0.15) is 0 Å². The van der Waals surface area contributed by atoms with Crippen molar-refractivity contribution in [2.75, 3.05) is 20.0 Å². The van der Waals surface area contributed by atoms with Crippen LogP contribution in [0.25, 0.3) is 18.2 Å². The Labute approximate surface area is 301 Å². The van der Waals surface area contributed by atoms with Crippen LogP contribution in [0, 0.1) is 0 Å². The van der Waals surface area contributed by atoms with Crippen LogP contribution in [0.15, 0.2) is 72.8 Å². The van der Waals surface area contributed by atoms with Crippen LogP contribution in [-0.2, 0) is 30.6 Å².